The Labute approximate surface area is 422 Å². The van der Waals surface area contributed by atoms with Gasteiger partial charge in [-0.2, -0.15) is 0 Å². The molecule has 0 aromatic heterocycles. The maximum Gasteiger partial charge on any atom is 0.306 e. The fourth-order valence-corrected chi connectivity index (χ4v) is 8.67. The van der Waals surface area contributed by atoms with Crippen LogP contribution in [-0.4, -0.2) is 37.2 Å². The van der Waals surface area contributed by atoms with Gasteiger partial charge in [0.15, 0.2) is 6.10 Å². The molecule has 0 aliphatic rings. The van der Waals surface area contributed by atoms with Gasteiger partial charge in [-0.05, 0) is 57.8 Å². The van der Waals surface area contributed by atoms with Crippen LogP contribution in [0.15, 0.2) is 48.6 Å². The SMILES string of the molecule is CC/C=C\C/C=C\C/C=C\C/C=C\CCCCCCC(=O)OC(COC(=O)CCCCCCCCC)COC(=O)CCCCCCCCCCCCCCCCCCCCCCCCCCCC. The zero-order valence-electron chi connectivity index (χ0n) is 45.4. The standard InChI is InChI=1S/C62H112O6/c1-4-7-10-13-16-18-20-22-24-26-27-28-29-30-31-32-33-34-36-37-39-41-43-46-49-52-55-61(64)67-58-59(57-66-60(63)54-51-48-45-15-12-9-6-3)68-62(65)56-53-50-47-44-42-40-38-35-25-23-21-19-17-14-11-8-5-2/h8,11,17,19,23,25,38,40,59H,4-7,9-10,12-16,18,20-22,24,26-37,39,41-58H2,1-3H3/b11-8-,19-17-,25-23-,40-38-. The molecule has 0 heterocycles. The van der Waals surface area contributed by atoms with E-state index in [1.807, 2.05) is 0 Å². The van der Waals surface area contributed by atoms with E-state index in [9.17, 15) is 14.4 Å². The number of esters is 3. The van der Waals surface area contributed by atoms with Gasteiger partial charge in [-0.1, -0.05) is 281 Å². The number of carbonyl (C=O) groups excluding carboxylic acids is 3. The first kappa shape index (κ1) is 65.4. The van der Waals surface area contributed by atoms with Gasteiger partial charge in [0.05, 0.1) is 0 Å². The molecule has 0 aliphatic heterocycles. The first-order valence-corrected chi connectivity index (χ1v) is 29.6. The predicted molar refractivity (Wildman–Crippen MR) is 293 cm³/mol. The van der Waals surface area contributed by atoms with E-state index in [0.29, 0.717) is 19.3 Å². The van der Waals surface area contributed by atoms with Crippen molar-refractivity contribution in [1.29, 1.82) is 0 Å². The van der Waals surface area contributed by atoms with E-state index in [-0.39, 0.29) is 31.1 Å². The lowest BCUT2D eigenvalue weighted by Gasteiger charge is -2.18. The van der Waals surface area contributed by atoms with Gasteiger partial charge in [0.2, 0.25) is 0 Å². The van der Waals surface area contributed by atoms with Crippen molar-refractivity contribution in [2.45, 2.75) is 316 Å². The highest BCUT2D eigenvalue weighted by molar-refractivity contribution is 5.71. The summed E-state index contributed by atoms with van der Waals surface area (Å²) in [6.45, 7) is 6.50. The summed E-state index contributed by atoms with van der Waals surface area (Å²) in [6.07, 6.45) is 70.0. The van der Waals surface area contributed by atoms with Crippen LogP contribution in [0.2, 0.25) is 0 Å². The summed E-state index contributed by atoms with van der Waals surface area (Å²) in [6, 6.07) is 0. The molecule has 1 atom stereocenters. The van der Waals surface area contributed by atoms with Crippen molar-refractivity contribution in [1.82, 2.24) is 0 Å². The van der Waals surface area contributed by atoms with Crippen LogP contribution in [0, 0.1) is 0 Å². The van der Waals surface area contributed by atoms with Crippen molar-refractivity contribution < 1.29 is 28.6 Å². The van der Waals surface area contributed by atoms with Gasteiger partial charge in [-0.15, -0.1) is 0 Å². The van der Waals surface area contributed by atoms with E-state index in [0.717, 1.165) is 96.3 Å². The Bertz CT molecular complexity index is 1190. The molecule has 396 valence electrons. The summed E-state index contributed by atoms with van der Waals surface area (Å²) in [4.78, 5) is 37.9. The third-order valence-corrected chi connectivity index (χ3v) is 13.1. The van der Waals surface area contributed by atoms with Crippen LogP contribution >= 0.6 is 0 Å². The Kier molecular flexibility index (Phi) is 54.8. The van der Waals surface area contributed by atoms with Gasteiger partial charge in [0, 0.05) is 19.3 Å². The van der Waals surface area contributed by atoms with E-state index < -0.39 is 6.10 Å². The summed E-state index contributed by atoms with van der Waals surface area (Å²) in [7, 11) is 0. The van der Waals surface area contributed by atoms with Gasteiger partial charge in [0.25, 0.3) is 0 Å². The molecule has 68 heavy (non-hydrogen) atoms. The van der Waals surface area contributed by atoms with Crippen molar-refractivity contribution in [3.8, 4) is 0 Å². The smallest absolute Gasteiger partial charge is 0.306 e. The van der Waals surface area contributed by atoms with Gasteiger partial charge in [0.1, 0.15) is 13.2 Å². The number of hydrogen-bond donors (Lipinski definition) is 0. The summed E-state index contributed by atoms with van der Waals surface area (Å²) in [5.74, 6) is -0.897. The van der Waals surface area contributed by atoms with Crippen LogP contribution in [0.25, 0.3) is 0 Å². The molecular weight excluding hydrogens is 841 g/mol. The third-order valence-electron chi connectivity index (χ3n) is 13.1. The summed E-state index contributed by atoms with van der Waals surface area (Å²) < 4.78 is 16.8. The zero-order valence-corrected chi connectivity index (χ0v) is 45.4. The lowest BCUT2D eigenvalue weighted by Crippen LogP contribution is -2.30. The minimum Gasteiger partial charge on any atom is -0.462 e. The van der Waals surface area contributed by atoms with Crippen LogP contribution in [0.5, 0.6) is 0 Å². The Hall–Kier alpha value is -2.63. The van der Waals surface area contributed by atoms with E-state index in [4.69, 9.17) is 14.2 Å². The van der Waals surface area contributed by atoms with Crippen molar-refractivity contribution in [3.05, 3.63) is 48.6 Å². The number of allylic oxidation sites excluding steroid dienone is 8. The van der Waals surface area contributed by atoms with E-state index >= 15 is 0 Å². The molecular formula is C62H112O6. The highest BCUT2D eigenvalue weighted by Gasteiger charge is 2.19. The molecule has 0 amide bonds. The average Bonchev–Trinajstić information content (AvgIpc) is 3.34. The van der Waals surface area contributed by atoms with Gasteiger partial charge in [-0.25, -0.2) is 0 Å². The second-order valence-electron chi connectivity index (χ2n) is 19.9. The largest absolute Gasteiger partial charge is 0.462 e. The molecule has 6 heteroatoms. The van der Waals surface area contributed by atoms with E-state index in [1.165, 1.54) is 173 Å². The Balaban J connectivity index is 4.11. The Morgan fingerprint density at radius 3 is 0.897 bits per heavy atom. The number of ether oxygens (including phenoxy) is 3. The Morgan fingerprint density at radius 2 is 0.574 bits per heavy atom. The highest BCUT2D eigenvalue weighted by atomic mass is 16.6. The molecule has 0 aromatic carbocycles. The fraction of sp³-hybridized carbons (Fsp3) is 0.823. The molecule has 0 rings (SSSR count). The zero-order chi connectivity index (χ0) is 49.3. The van der Waals surface area contributed by atoms with Gasteiger partial charge < -0.3 is 14.2 Å². The average molecular weight is 954 g/mol. The van der Waals surface area contributed by atoms with Crippen molar-refractivity contribution >= 4 is 17.9 Å². The van der Waals surface area contributed by atoms with E-state index in [1.54, 1.807) is 0 Å². The molecule has 0 N–H and O–H groups in total. The number of rotatable bonds is 54. The quantitative estimate of drug-likeness (QED) is 0.0262. The topological polar surface area (TPSA) is 78.9 Å². The lowest BCUT2D eigenvalue weighted by molar-refractivity contribution is -0.167. The van der Waals surface area contributed by atoms with Crippen LogP contribution in [0.1, 0.15) is 310 Å². The minimum atomic E-state index is -0.781. The molecule has 0 bridgehead atoms. The second kappa shape index (κ2) is 57.0. The lowest BCUT2D eigenvalue weighted by atomic mass is 10.0. The molecule has 0 radical (unpaired) electrons. The normalized spacial score (nSPS) is 12.3. The van der Waals surface area contributed by atoms with Crippen LogP contribution in [-0.2, 0) is 28.6 Å². The van der Waals surface area contributed by atoms with Crippen molar-refractivity contribution in [3.63, 3.8) is 0 Å². The van der Waals surface area contributed by atoms with Crippen molar-refractivity contribution in [2.24, 2.45) is 0 Å². The molecule has 0 saturated carbocycles. The number of unbranched alkanes of at least 4 members (excludes halogenated alkanes) is 35. The number of hydrogen-bond acceptors (Lipinski definition) is 6. The van der Waals surface area contributed by atoms with Gasteiger partial charge >= 0.3 is 17.9 Å². The van der Waals surface area contributed by atoms with Crippen LogP contribution in [0.3, 0.4) is 0 Å². The maximum atomic E-state index is 12.8. The first-order chi connectivity index (χ1) is 33.5. The summed E-state index contributed by atoms with van der Waals surface area (Å²) in [5, 5.41) is 0. The molecule has 0 aliphatic carbocycles. The summed E-state index contributed by atoms with van der Waals surface area (Å²) in [5.41, 5.74) is 0. The second-order valence-corrected chi connectivity index (χ2v) is 19.9. The fourth-order valence-electron chi connectivity index (χ4n) is 8.67. The summed E-state index contributed by atoms with van der Waals surface area (Å²) >= 11 is 0. The minimum absolute atomic E-state index is 0.0797. The Morgan fingerprint density at radius 1 is 0.309 bits per heavy atom. The first-order valence-electron chi connectivity index (χ1n) is 29.6. The van der Waals surface area contributed by atoms with Crippen LogP contribution < -0.4 is 0 Å². The molecule has 1 unspecified atom stereocenters. The van der Waals surface area contributed by atoms with E-state index in [2.05, 4.69) is 69.4 Å². The molecule has 0 spiro atoms. The third kappa shape index (κ3) is 54.3. The monoisotopic (exact) mass is 953 g/mol. The number of carbonyl (C=O) groups is 3. The molecule has 0 fully saturated rings. The molecule has 0 aromatic rings. The maximum absolute atomic E-state index is 12.8. The van der Waals surface area contributed by atoms with Crippen LogP contribution in [0.4, 0.5) is 0 Å². The highest BCUT2D eigenvalue weighted by Crippen LogP contribution is 2.17. The molecule has 0 saturated heterocycles. The van der Waals surface area contributed by atoms with Gasteiger partial charge in [-0.3, -0.25) is 14.4 Å². The van der Waals surface area contributed by atoms with Crippen molar-refractivity contribution in [2.75, 3.05) is 13.2 Å². The predicted octanol–water partition coefficient (Wildman–Crippen LogP) is 19.8. The molecule has 6 nitrogen and oxygen atoms in total.